The fourth-order valence-corrected chi connectivity index (χ4v) is 3.91. The lowest BCUT2D eigenvalue weighted by Gasteiger charge is -2.29. The third-order valence-electron chi connectivity index (χ3n) is 4.24. The standard InChI is InChI=1S/C18H24BrN5O2S/c1-27(2,26)24-13-9-7-12(8-10-13)21-18-20-11-14(19)17(23-18)22-15-5-3-4-6-16(15)25/h7-11,15-16,25H,3-6H2,1-2H3,(H2,20,21,22,23)/t15-,16-/m0/s1. The summed E-state index contributed by atoms with van der Waals surface area (Å²) in [5, 5.41) is 16.6. The Bertz CT molecular complexity index is 904. The van der Waals surface area contributed by atoms with Gasteiger partial charge in [0, 0.05) is 34.1 Å². The molecule has 2 atom stereocenters. The van der Waals surface area contributed by atoms with Crippen LogP contribution in [-0.2, 0) is 9.73 Å². The minimum absolute atomic E-state index is 0.00311. The van der Waals surface area contributed by atoms with Gasteiger partial charge in [-0.1, -0.05) is 12.8 Å². The topological polar surface area (TPSA) is 99.5 Å². The van der Waals surface area contributed by atoms with Crippen LogP contribution in [-0.4, -0.2) is 43.9 Å². The van der Waals surface area contributed by atoms with Crippen molar-refractivity contribution >= 4 is 48.8 Å². The Morgan fingerprint density at radius 2 is 1.93 bits per heavy atom. The van der Waals surface area contributed by atoms with Gasteiger partial charge in [0.25, 0.3) is 0 Å². The minimum Gasteiger partial charge on any atom is -0.391 e. The van der Waals surface area contributed by atoms with E-state index in [0.717, 1.165) is 35.8 Å². The van der Waals surface area contributed by atoms with Crippen molar-refractivity contribution in [1.82, 2.24) is 9.97 Å². The van der Waals surface area contributed by atoms with Crippen LogP contribution in [0.2, 0.25) is 0 Å². The molecule has 27 heavy (non-hydrogen) atoms. The zero-order valence-corrected chi connectivity index (χ0v) is 17.8. The molecule has 0 radical (unpaired) electrons. The Kier molecular flexibility index (Phi) is 6.33. The average molecular weight is 454 g/mol. The van der Waals surface area contributed by atoms with E-state index < -0.39 is 9.73 Å². The van der Waals surface area contributed by atoms with Gasteiger partial charge in [-0.25, -0.2) is 9.19 Å². The molecular weight excluding hydrogens is 430 g/mol. The molecule has 2 aromatic rings. The van der Waals surface area contributed by atoms with E-state index in [1.165, 1.54) is 0 Å². The average Bonchev–Trinajstić information content (AvgIpc) is 2.60. The Balaban J connectivity index is 1.73. The van der Waals surface area contributed by atoms with Crippen LogP contribution in [0.4, 0.5) is 23.1 Å². The second kappa shape index (κ2) is 8.53. The van der Waals surface area contributed by atoms with Gasteiger partial charge in [0.15, 0.2) is 0 Å². The SMILES string of the molecule is CS(C)(=O)=Nc1ccc(Nc2ncc(Br)c(N[C@H]3CCCC[C@@H]3O)n2)cc1. The smallest absolute Gasteiger partial charge is 0.229 e. The Morgan fingerprint density at radius 3 is 2.59 bits per heavy atom. The highest BCUT2D eigenvalue weighted by atomic mass is 79.9. The van der Waals surface area contributed by atoms with Gasteiger partial charge in [-0.05, 0) is 53.0 Å². The molecule has 1 saturated carbocycles. The molecule has 0 unspecified atom stereocenters. The number of rotatable bonds is 5. The van der Waals surface area contributed by atoms with E-state index in [1.54, 1.807) is 30.8 Å². The molecule has 9 heteroatoms. The number of anilines is 3. The van der Waals surface area contributed by atoms with Gasteiger partial charge in [0.1, 0.15) is 5.82 Å². The van der Waals surface area contributed by atoms with Gasteiger partial charge in [0.2, 0.25) is 5.95 Å². The van der Waals surface area contributed by atoms with Crippen molar-refractivity contribution in [3.8, 4) is 0 Å². The van der Waals surface area contributed by atoms with E-state index in [9.17, 15) is 9.32 Å². The normalized spacial score (nSPS) is 20.1. The lowest BCUT2D eigenvalue weighted by atomic mass is 9.93. The second-order valence-corrected chi connectivity index (χ2v) is 10.3. The van der Waals surface area contributed by atoms with E-state index in [4.69, 9.17) is 0 Å². The first kappa shape index (κ1) is 20.0. The first-order chi connectivity index (χ1) is 12.8. The number of hydrogen-bond donors (Lipinski definition) is 3. The molecule has 1 aliphatic carbocycles. The monoisotopic (exact) mass is 453 g/mol. The fourth-order valence-electron chi connectivity index (χ4n) is 2.97. The summed E-state index contributed by atoms with van der Waals surface area (Å²) < 4.78 is 16.7. The highest BCUT2D eigenvalue weighted by molar-refractivity contribution is 9.10. The van der Waals surface area contributed by atoms with Crippen LogP contribution >= 0.6 is 15.9 Å². The van der Waals surface area contributed by atoms with E-state index in [2.05, 4.69) is 40.9 Å². The third kappa shape index (κ3) is 5.88. The molecular formula is C18H24BrN5O2S. The molecule has 7 nitrogen and oxygen atoms in total. The predicted molar refractivity (Wildman–Crippen MR) is 113 cm³/mol. The van der Waals surface area contributed by atoms with Crippen molar-refractivity contribution in [1.29, 1.82) is 0 Å². The van der Waals surface area contributed by atoms with E-state index >= 15 is 0 Å². The van der Waals surface area contributed by atoms with Crippen LogP contribution in [0.15, 0.2) is 39.3 Å². The molecule has 0 bridgehead atoms. The van der Waals surface area contributed by atoms with Crippen LogP contribution in [0.25, 0.3) is 0 Å². The lowest BCUT2D eigenvalue weighted by molar-refractivity contribution is 0.116. The summed E-state index contributed by atoms with van der Waals surface area (Å²) in [7, 11) is -2.18. The second-order valence-electron chi connectivity index (χ2n) is 6.94. The largest absolute Gasteiger partial charge is 0.391 e. The number of hydrogen-bond acceptors (Lipinski definition) is 7. The fraction of sp³-hybridized carbons (Fsp3) is 0.444. The van der Waals surface area contributed by atoms with Crippen LogP contribution in [0, 0.1) is 0 Å². The predicted octanol–water partition coefficient (Wildman–Crippen LogP) is 4.06. The van der Waals surface area contributed by atoms with Crippen molar-refractivity contribution in [3.63, 3.8) is 0 Å². The summed E-state index contributed by atoms with van der Waals surface area (Å²) in [6.07, 6.45) is 8.42. The zero-order valence-electron chi connectivity index (χ0n) is 15.4. The molecule has 0 aliphatic heterocycles. The van der Waals surface area contributed by atoms with Gasteiger partial charge >= 0.3 is 0 Å². The minimum atomic E-state index is -2.18. The van der Waals surface area contributed by atoms with Crippen molar-refractivity contribution in [2.75, 3.05) is 23.1 Å². The Morgan fingerprint density at radius 1 is 1.22 bits per heavy atom. The highest BCUT2D eigenvalue weighted by Crippen LogP contribution is 2.27. The number of halogens is 1. The molecule has 146 valence electrons. The highest BCUT2D eigenvalue weighted by Gasteiger charge is 2.24. The zero-order chi connectivity index (χ0) is 19.4. The lowest BCUT2D eigenvalue weighted by Crippen LogP contribution is -2.36. The molecule has 3 N–H and O–H groups in total. The molecule has 0 amide bonds. The Labute approximate surface area is 168 Å². The van der Waals surface area contributed by atoms with Crippen molar-refractivity contribution in [3.05, 3.63) is 34.9 Å². The maximum Gasteiger partial charge on any atom is 0.229 e. The van der Waals surface area contributed by atoms with Gasteiger partial charge in [-0.2, -0.15) is 9.35 Å². The number of nitrogens with zero attached hydrogens (tertiary/aromatic N) is 3. The quantitative estimate of drug-likeness (QED) is 0.630. The van der Waals surface area contributed by atoms with Crippen LogP contribution < -0.4 is 10.6 Å². The molecule has 0 saturated heterocycles. The van der Waals surface area contributed by atoms with Gasteiger partial charge in [0.05, 0.1) is 22.3 Å². The summed E-state index contributed by atoms with van der Waals surface area (Å²) in [5.41, 5.74) is 1.47. The summed E-state index contributed by atoms with van der Waals surface area (Å²) in [6, 6.07) is 7.27. The third-order valence-corrected chi connectivity index (χ3v) is 5.48. The number of aliphatic hydroxyl groups is 1. The summed E-state index contributed by atoms with van der Waals surface area (Å²) in [6.45, 7) is 0. The van der Waals surface area contributed by atoms with Gasteiger partial charge < -0.3 is 15.7 Å². The molecule has 1 aliphatic rings. The van der Waals surface area contributed by atoms with Crippen molar-refractivity contribution in [2.45, 2.75) is 37.8 Å². The Hall–Kier alpha value is -1.71. The molecule has 1 fully saturated rings. The number of benzene rings is 1. The van der Waals surface area contributed by atoms with E-state index in [0.29, 0.717) is 17.5 Å². The summed E-state index contributed by atoms with van der Waals surface area (Å²) >= 11 is 3.46. The van der Waals surface area contributed by atoms with E-state index in [-0.39, 0.29) is 12.1 Å². The maximum absolute atomic E-state index is 11.8. The number of nitrogens with one attached hydrogen (secondary N) is 2. The first-order valence-electron chi connectivity index (χ1n) is 8.81. The molecule has 0 spiro atoms. The number of aliphatic hydroxyl groups excluding tert-OH is 1. The van der Waals surface area contributed by atoms with Gasteiger partial charge in [-0.3, -0.25) is 0 Å². The molecule has 1 aromatic carbocycles. The van der Waals surface area contributed by atoms with Gasteiger partial charge in [-0.15, -0.1) is 0 Å². The first-order valence-corrected chi connectivity index (χ1v) is 11.9. The van der Waals surface area contributed by atoms with Crippen molar-refractivity contribution in [2.24, 2.45) is 4.36 Å². The van der Waals surface area contributed by atoms with E-state index in [1.807, 2.05) is 12.1 Å². The van der Waals surface area contributed by atoms with Crippen LogP contribution in [0.1, 0.15) is 25.7 Å². The maximum atomic E-state index is 11.8. The summed E-state index contributed by atoms with van der Waals surface area (Å²) in [5.74, 6) is 1.10. The molecule has 3 rings (SSSR count). The number of aromatic nitrogens is 2. The molecule has 1 heterocycles. The van der Waals surface area contributed by atoms with Crippen LogP contribution in [0.5, 0.6) is 0 Å². The van der Waals surface area contributed by atoms with Crippen LogP contribution in [0.3, 0.4) is 0 Å². The summed E-state index contributed by atoms with van der Waals surface area (Å²) in [4.78, 5) is 8.80. The van der Waals surface area contributed by atoms with Crippen molar-refractivity contribution < 1.29 is 9.32 Å². The molecule has 1 aromatic heterocycles.